The molecule has 1 aromatic carbocycles. The van der Waals surface area contributed by atoms with E-state index in [2.05, 4.69) is 10.6 Å². The molecule has 1 fully saturated rings. The van der Waals surface area contributed by atoms with E-state index in [1.165, 1.54) is 0 Å². The molecule has 2 rings (SSSR count). The molecule has 1 atom stereocenters. The third-order valence-electron chi connectivity index (χ3n) is 3.77. The number of nitrogens with one attached hydrogen (secondary N) is 2. The molecular weight excluding hydrogens is 228 g/mol. The fourth-order valence-corrected chi connectivity index (χ4v) is 2.46. The Kier molecular flexibility index (Phi) is 3.57. The van der Waals surface area contributed by atoms with E-state index in [0.717, 1.165) is 31.4 Å². The van der Waals surface area contributed by atoms with Gasteiger partial charge >= 0.3 is 0 Å². The number of carbonyl (C=O) groups is 1. The van der Waals surface area contributed by atoms with Crippen LogP contribution in [0, 0.1) is 6.92 Å². The fraction of sp³-hybridized carbons (Fsp3) is 0.500. The molecule has 1 amide bonds. The summed E-state index contributed by atoms with van der Waals surface area (Å²) in [7, 11) is 0. The second-order valence-corrected chi connectivity index (χ2v) is 4.89. The van der Waals surface area contributed by atoms with Crippen LogP contribution in [-0.4, -0.2) is 23.1 Å². The third kappa shape index (κ3) is 2.20. The molecule has 98 valence electrons. The van der Waals surface area contributed by atoms with Gasteiger partial charge in [0.05, 0.1) is 11.2 Å². The van der Waals surface area contributed by atoms with Gasteiger partial charge < -0.3 is 15.7 Å². The molecule has 0 radical (unpaired) electrons. The molecule has 0 bridgehead atoms. The SMILES string of the molecule is CCC1(C(=O)Nc2cccc(C)c2O)CCCN1. The highest BCUT2D eigenvalue weighted by Gasteiger charge is 2.39. The number of benzene rings is 1. The number of anilines is 1. The molecular formula is C14H20N2O2. The molecule has 0 spiro atoms. The Morgan fingerprint density at radius 3 is 2.94 bits per heavy atom. The first-order valence-corrected chi connectivity index (χ1v) is 6.44. The Bertz CT molecular complexity index is 451. The van der Waals surface area contributed by atoms with Crippen molar-refractivity contribution in [3.05, 3.63) is 23.8 Å². The molecule has 0 saturated carbocycles. The number of phenolic OH excluding ortho intramolecular Hbond substituents is 1. The summed E-state index contributed by atoms with van der Waals surface area (Å²) in [6.45, 7) is 4.70. The summed E-state index contributed by atoms with van der Waals surface area (Å²) >= 11 is 0. The maximum absolute atomic E-state index is 12.3. The molecule has 4 heteroatoms. The third-order valence-corrected chi connectivity index (χ3v) is 3.77. The zero-order valence-corrected chi connectivity index (χ0v) is 10.9. The molecule has 1 heterocycles. The van der Waals surface area contributed by atoms with Crippen LogP contribution in [0.25, 0.3) is 0 Å². The second kappa shape index (κ2) is 4.98. The zero-order valence-electron chi connectivity index (χ0n) is 10.9. The summed E-state index contributed by atoms with van der Waals surface area (Å²) in [5, 5.41) is 16.0. The number of hydrogen-bond donors (Lipinski definition) is 3. The van der Waals surface area contributed by atoms with Gasteiger partial charge in [0, 0.05) is 0 Å². The van der Waals surface area contributed by atoms with Gasteiger partial charge in [0.25, 0.3) is 0 Å². The minimum absolute atomic E-state index is 0.0524. The van der Waals surface area contributed by atoms with Crippen LogP contribution in [0.2, 0.25) is 0 Å². The second-order valence-electron chi connectivity index (χ2n) is 4.89. The van der Waals surface area contributed by atoms with Crippen LogP contribution in [-0.2, 0) is 4.79 Å². The van der Waals surface area contributed by atoms with Crippen LogP contribution in [0.1, 0.15) is 31.7 Å². The lowest BCUT2D eigenvalue weighted by Gasteiger charge is -2.27. The topological polar surface area (TPSA) is 61.4 Å². The van der Waals surface area contributed by atoms with Gasteiger partial charge in [0.1, 0.15) is 5.75 Å². The normalized spacial score (nSPS) is 23.0. The summed E-state index contributed by atoms with van der Waals surface area (Å²) in [5.41, 5.74) is 0.773. The van der Waals surface area contributed by atoms with Crippen molar-refractivity contribution in [3.63, 3.8) is 0 Å². The summed E-state index contributed by atoms with van der Waals surface area (Å²) in [6, 6.07) is 5.36. The van der Waals surface area contributed by atoms with E-state index < -0.39 is 5.54 Å². The molecule has 1 aliphatic rings. The van der Waals surface area contributed by atoms with Gasteiger partial charge in [-0.1, -0.05) is 19.1 Å². The van der Waals surface area contributed by atoms with Crippen molar-refractivity contribution in [2.45, 2.75) is 38.6 Å². The van der Waals surface area contributed by atoms with Crippen LogP contribution in [0.5, 0.6) is 5.75 Å². The van der Waals surface area contributed by atoms with E-state index in [0.29, 0.717) is 5.69 Å². The van der Waals surface area contributed by atoms with E-state index in [1.54, 1.807) is 6.07 Å². The maximum atomic E-state index is 12.3. The minimum Gasteiger partial charge on any atom is -0.505 e. The Morgan fingerprint density at radius 2 is 2.33 bits per heavy atom. The van der Waals surface area contributed by atoms with E-state index >= 15 is 0 Å². The lowest BCUT2D eigenvalue weighted by molar-refractivity contribution is -0.122. The molecule has 1 unspecified atom stereocenters. The number of amides is 1. The Labute approximate surface area is 107 Å². The summed E-state index contributed by atoms with van der Waals surface area (Å²) < 4.78 is 0. The number of para-hydroxylation sites is 1. The van der Waals surface area contributed by atoms with Gasteiger partial charge in [-0.3, -0.25) is 4.79 Å². The molecule has 18 heavy (non-hydrogen) atoms. The van der Waals surface area contributed by atoms with Crippen molar-refractivity contribution >= 4 is 11.6 Å². The molecule has 1 saturated heterocycles. The van der Waals surface area contributed by atoms with Crippen LogP contribution in [0.3, 0.4) is 0 Å². The van der Waals surface area contributed by atoms with E-state index in [9.17, 15) is 9.90 Å². The zero-order chi connectivity index (χ0) is 13.2. The number of rotatable bonds is 3. The van der Waals surface area contributed by atoms with Crippen LogP contribution in [0.15, 0.2) is 18.2 Å². The summed E-state index contributed by atoms with van der Waals surface area (Å²) in [4.78, 5) is 12.3. The predicted octanol–water partition coefficient (Wildman–Crippen LogP) is 2.17. The smallest absolute Gasteiger partial charge is 0.244 e. The lowest BCUT2D eigenvalue weighted by Crippen LogP contribution is -2.50. The monoisotopic (exact) mass is 248 g/mol. The number of carbonyl (C=O) groups excluding carboxylic acids is 1. The van der Waals surface area contributed by atoms with Crippen molar-refractivity contribution < 1.29 is 9.90 Å². The van der Waals surface area contributed by atoms with Crippen molar-refractivity contribution in [2.75, 3.05) is 11.9 Å². The van der Waals surface area contributed by atoms with Crippen molar-refractivity contribution in [1.82, 2.24) is 5.32 Å². The summed E-state index contributed by atoms with van der Waals surface area (Å²) in [6.07, 6.45) is 2.62. The lowest BCUT2D eigenvalue weighted by atomic mass is 9.93. The standard InChI is InChI=1S/C14H20N2O2/c1-3-14(8-5-9-15-14)13(18)16-11-7-4-6-10(2)12(11)17/h4,6-7,15,17H,3,5,8-9H2,1-2H3,(H,16,18). The predicted molar refractivity (Wildman–Crippen MR) is 71.7 cm³/mol. The number of aromatic hydroxyl groups is 1. The number of aryl methyl sites for hydroxylation is 1. The Hall–Kier alpha value is -1.55. The molecule has 4 nitrogen and oxygen atoms in total. The van der Waals surface area contributed by atoms with E-state index in [-0.39, 0.29) is 11.7 Å². The van der Waals surface area contributed by atoms with Crippen molar-refractivity contribution in [1.29, 1.82) is 0 Å². The van der Waals surface area contributed by atoms with Gasteiger partial charge in [0.2, 0.25) is 5.91 Å². The van der Waals surface area contributed by atoms with Gasteiger partial charge in [-0.25, -0.2) is 0 Å². The number of phenols is 1. The van der Waals surface area contributed by atoms with Crippen LogP contribution in [0.4, 0.5) is 5.69 Å². The largest absolute Gasteiger partial charge is 0.505 e. The van der Waals surface area contributed by atoms with Gasteiger partial charge in [-0.15, -0.1) is 0 Å². The Morgan fingerprint density at radius 1 is 1.56 bits per heavy atom. The molecule has 1 aromatic rings. The first-order chi connectivity index (χ1) is 8.59. The Balaban J connectivity index is 2.18. The summed E-state index contributed by atoms with van der Waals surface area (Å²) in [5.74, 6) is 0.0958. The first kappa shape index (κ1) is 12.9. The molecule has 0 aliphatic carbocycles. The van der Waals surface area contributed by atoms with E-state index in [4.69, 9.17) is 0 Å². The molecule has 3 N–H and O–H groups in total. The quantitative estimate of drug-likeness (QED) is 0.718. The average molecular weight is 248 g/mol. The minimum atomic E-state index is -0.476. The van der Waals surface area contributed by atoms with Gasteiger partial charge in [-0.2, -0.15) is 0 Å². The molecule has 0 aromatic heterocycles. The highest BCUT2D eigenvalue weighted by Crippen LogP contribution is 2.30. The average Bonchev–Trinajstić information content (AvgIpc) is 2.85. The highest BCUT2D eigenvalue weighted by atomic mass is 16.3. The fourth-order valence-electron chi connectivity index (χ4n) is 2.46. The van der Waals surface area contributed by atoms with Crippen LogP contribution < -0.4 is 10.6 Å². The highest BCUT2D eigenvalue weighted by molar-refractivity contribution is 5.99. The van der Waals surface area contributed by atoms with Gasteiger partial charge in [0.15, 0.2) is 0 Å². The van der Waals surface area contributed by atoms with E-state index in [1.807, 2.05) is 26.0 Å². The molecule has 1 aliphatic heterocycles. The van der Waals surface area contributed by atoms with Crippen molar-refractivity contribution in [3.8, 4) is 5.75 Å². The first-order valence-electron chi connectivity index (χ1n) is 6.44. The maximum Gasteiger partial charge on any atom is 0.244 e. The van der Waals surface area contributed by atoms with Crippen LogP contribution >= 0.6 is 0 Å². The number of hydrogen-bond acceptors (Lipinski definition) is 3. The van der Waals surface area contributed by atoms with Crippen molar-refractivity contribution in [2.24, 2.45) is 0 Å². The van der Waals surface area contributed by atoms with Gasteiger partial charge in [-0.05, 0) is 44.4 Å².